The SMILES string of the molecule is Clc1cn(CCNC2CCCC2)c2ccccc12. The van der Waals surface area contributed by atoms with Crippen LogP contribution in [0.4, 0.5) is 0 Å². The first-order chi connectivity index (χ1) is 8.84. The number of para-hydroxylation sites is 1. The van der Waals surface area contributed by atoms with Crippen LogP contribution in [0.2, 0.25) is 5.02 Å². The van der Waals surface area contributed by atoms with Crippen LogP contribution < -0.4 is 5.32 Å². The Balaban J connectivity index is 1.67. The third-order valence-electron chi connectivity index (χ3n) is 3.88. The lowest BCUT2D eigenvalue weighted by Crippen LogP contribution is -2.29. The van der Waals surface area contributed by atoms with Crippen molar-refractivity contribution in [3.05, 3.63) is 35.5 Å². The molecule has 2 aromatic rings. The predicted octanol–water partition coefficient (Wildman–Crippen LogP) is 3.83. The number of rotatable bonds is 4. The molecule has 0 spiro atoms. The Hall–Kier alpha value is -0.990. The Labute approximate surface area is 113 Å². The number of fused-ring (bicyclic) bond motifs is 1. The molecule has 0 atom stereocenters. The quantitative estimate of drug-likeness (QED) is 0.886. The van der Waals surface area contributed by atoms with E-state index in [1.807, 2.05) is 12.3 Å². The van der Waals surface area contributed by atoms with E-state index in [-0.39, 0.29) is 0 Å². The van der Waals surface area contributed by atoms with Gasteiger partial charge in [-0.2, -0.15) is 0 Å². The standard InChI is InChI=1S/C15H19ClN2/c16-14-11-18(15-8-4-3-7-13(14)15)10-9-17-12-5-1-2-6-12/h3-4,7-8,11-12,17H,1-2,5-6,9-10H2. The molecule has 96 valence electrons. The van der Waals surface area contributed by atoms with E-state index in [9.17, 15) is 0 Å². The summed E-state index contributed by atoms with van der Waals surface area (Å²) in [6.45, 7) is 2.02. The van der Waals surface area contributed by atoms with E-state index < -0.39 is 0 Å². The van der Waals surface area contributed by atoms with Crippen LogP contribution in [-0.2, 0) is 6.54 Å². The summed E-state index contributed by atoms with van der Waals surface area (Å²) in [6, 6.07) is 9.06. The highest BCUT2D eigenvalue weighted by Crippen LogP contribution is 2.25. The lowest BCUT2D eigenvalue weighted by molar-refractivity contribution is 0.501. The number of halogens is 1. The normalized spacial score (nSPS) is 16.7. The Kier molecular flexibility index (Phi) is 3.57. The summed E-state index contributed by atoms with van der Waals surface area (Å²) in [4.78, 5) is 0. The first kappa shape index (κ1) is 12.1. The maximum Gasteiger partial charge on any atom is 0.0661 e. The molecular formula is C15H19ClN2. The summed E-state index contributed by atoms with van der Waals surface area (Å²) in [7, 11) is 0. The van der Waals surface area contributed by atoms with E-state index in [1.54, 1.807) is 0 Å². The minimum absolute atomic E-state index is 0.738. The second kappa shape index (κ2) is 5.33. The van der Waals surface area contributed by atoms with Gasteiger partial charge in [-0.25, -0.2) is 0 Å². The average Bonchev–Trinajstić information content (AvgIpc) is 3.00. The van der Waals surface area contributed by atoms with Gasteiger partial charge in [0.2, 0.25) is 0 Å². The third kappa shape index (κ3) is 2.40. The van der Waals surface area contributed by atoms with E-state index in [1.165, 1.54) is 31.2 Å². The summed E-state index contributed by atoms with van der Waals surface area (Å²) in [5.41, 5.74) is 1.23. The molecule has 1 N–H and O–H groups in total. The Morgan fingerprint density at radius 3 is 2.83 bits per heavy atom. The second-order valence-corrected chi connectivity index (χ2v) is 5.53. The van der Waals surface area contributed by atoms with Gasteiger partial charge in [0, 0.05) is 36.2 Å². The number of aromatic nitrogens is 1. The summed E-state index contributed by atoms with van der Waals surface area (Å²) in [5, 5.41) is 5.65. The van der Waals surface area contributed by atoms with Gasteiger partial charge in [-0.1, -0.05) is 42.6 Å². The van der Waals surface area contributed by atoms with Crippen molar-refractivity contribution < 1.29 is 0 Å². The van der Waals surface area contributed by atoms with Gasteiger partial charge in [0.05, 0.1) is 5.02 Å². The van der Waals surface area contributed by atoms with Crippen molar-refractivity contribution in [1.29, 1.82) is 0 Å². The number of hydrogen-bond acceptors (Lipinski definition) is 1. The van der Waals surface area contributed by atoms with Crippen molar-refractivity contribution in [2.75, 3.05) is 6.54 Å². The van der Waals surface area contributed by atoms with Gasteiger partial charge < -0.3 is 9.88 Å². The third-order valence-corrected chi connectivity index (χ3v) is 4.18. The number of benzene rings is 1. The van der Waals surface area contributed by atoms with Crippen molar-refractivity contribution in [3.63, 3.8) is 0 Å². The summed E-state index contributed by atoms with van der Waals surface area (Å²) in [6.07, 6.45) is 7.49. The molecular weight excluding hydrogens is 244 g/mol. The van der Waals surface area contributed by atoms with Crippen molar-refractivity contribution >= 4 is 22.5 Å². The molecule has 2 nitrogen and oxygen atoms in total. The Morgan fingerprint density at radius 2 is 2.00 bits per heavy atom. The monoisotopic (exact) mass is 262 g/mol. The van der Waals surface area contributed by atoms with Crippen LogP contribution in [0.25, 0.3) is 10.9 Å². The minimum Gasteiger partial charge on any atom is -0.345 e. The molecule has 1 saturated carbocycles. The molecule has 18 heavy (non-hydrogen) atoms. The van der Waals surface area contributed by atoms with E-state index >= 15 is 0 Å². The highest BCUT2D eigenvalue weighted by Gasteiger charge is 2.13. The van der Waals surface area contributed by atoms with Gasteiger partial charge >= 0.3 is 0 Å². The Morgan fingerprint density at radius 1 is 1.22 bits per heavy atom. The van der Waals surface area contributed by atoms with Crippen molar-refractivity contribution in [2.45, 2.75) is 38.3 Å². The largest absolute Gasteiger partial charge is 0.345 e. The number of nitrogens with one attached hydrogen (secondary N) is 1. The molecule has 1 aliphatic carbocycles. The molecule has 3 rings (SSSR count). The van der Waals surface area contributed by atoms with E-state index in [4.69, 9.17) is 11.6 Å². The second-order valence-electron chi connectivity index (χ2n) is 5.12. The Bertz CT molecular complexity index is 526. The molecule has 0 unspecified atom stereocenters. The van der Waals surface area contributed by atoms with Crippen LogP contribution in [0, 0.1) is 0 Å². The van der Waals surface area contributed by atoms with Gasteiger partial charge in [-0.15, -0.1) is 0 Å². The van der Waals surface area contributed by atoms with Crippen molar-refractivity contribution in [3.8, 4) is 0 Å². The molecule has 0 aliphatic heterocycles. The molecule has 1 aromatic carbocycles. The first-order valence-corrected chi connectivity index (χ1v) is 7.19. The van der Waals surface area contributed by atoms with Crippen LogP contribution in [0.3, 0.4) is 0 Å². The predicted molar refractivity (Wildman–Crippen MR) is 77.2 cm³/mol. The van der Waals surface area contributed by atoms with Crippen molar-refractivity contribution in [2.24, 2.45) is 0 Å². The van der Waals surface area contributed by atoms with E-state index in [2.05, 4.69) is 28.1 Å². The highest BCUT2D eigenvalue weighted by molar-refractivity contribution is 6.35. The van der Waals surface area contributed by atoms with E-state index in [0.29, 0.717) is 0 Å². The van der Waals surface area contributed by atoms with Gasteiger partial charge in [0.15, 0.2) is 0 Å². The van der Waals surface area contributed by atoms with Crippen LogP contribution in [0.5, 0.6) is 0 Å². The number of nitrogens with zero attached hydrogens (tertiary/aromatic N) is 1. The van der Waals surface area contributed by atoms with Crippen molar-refractivity contribution in [1.82, 2.24) is 9.88 Å². The number of hydrogen-bond donors (Lipinski definition) is 1. The maximum absolute atomic E-state index is 6.24. The summed E-state index contributed by atoms with van der Waals surface area (Å²) < 4.78 is 2.25. The van der Waals surface area contributed by atoms with Crippen LogP contribution in [0.15, 0.2) is 30.5 Å². The van der Waals surface area contributed by atoms with Gasteiger partial charge in [0.1, 0.15) is 0 Å². The zero-order chi connectivity index (χ0) is 12.4. The molecule has 0 bridgehead atoms. The zero-order valence-corrected chi connectivity index (χ0v) is 11.3. The zero-order valence-electron chi connectivity index (χ0n) is 10.5. The summed E-state index contributed by atoms with van der Waals surface area (Å²) in [5.74, 6) is 0. The highest BCUT2D eigenvalue weighted by atomic mass is 35.5. The maximum atomic E-state index is 6.24. The average molecular weight is 263 g/mol. The molecule has 1 fully saturated rings. The fourth-order valence-electron chi connectivity index (χ4n) is 2.91. The van der Waals surface area contributed by atoms with Crippen LogP contribution >= 0.6 is 11.6 Å². The van der Waals surface area contributed by atoms with Crippen LogP contribution in [-0.4, -0.2) is 17.2 Å². The fraction of sp³-hybridized carbons (Fsp3) is 0.467. The van der Waals surface area contributed by atoms with Crippen LogP contribution in [0.1, 0.15) is 25.7 Å². The molecule has 1 heterocycles. The lowest BCUT2D eigenvalue weighted by atomic mass is 10.2. The van der Waals surface area contributed by atoms with Gasteiger partial charge in [-0.05, 0) is 18.9 Å². The topological polar surface area (TPSA) is 17.0 Å². The molecule has 0 amide bonds. The van der Waals surface area contributed by atoms with Gasteiger partial charge in [0.25, 0.3) is 0 Å². The van der Waals surface area contributed by atoms with Gasteiger partial charge in [-0.3, -0.25) is 0 Å². The van der Waals surface area contributed by atoms with E-state index in [0.717, 1.165) is 29.5 Å². The minimum atomic E-state index is 0.738. The molecule has 0 radical (unpaired) electrons. The fourth-order valence-corrected chi connectivity index (χ4v) is 3.18. The first-order valence-electron chi connectivity index (χ1n) is 6.81. The molecule has 1 aromatic heterocycles. The summed E-state index contributed by atoms with van der Waals surface area (Å²) >= 11 is 6.24. The molecule has 0 saturated heterocycles. The lowest BCUT2D eigenvalue weighted by Gasteiger charge is -2.12. The molecule has 1 aliphatic rings. The smallest absolute Gasteiger partial charge is 0.0661 e. The molecule has 3 heteroatoms.